The van der Waals surface area contributed by atoms with Crippen LogP contribution >= 0.6 is 0 Å². The van der Waals surface area contributed by atoms with Crippen molar-refractivity contribution < 1.29 is 17.7 Å². The third-order valence-corrected chi connectivity index (χ3v) is 20.4. The first-order chi connectivity index (χ1) is 51.1. The maximum Gasteiger partial charge on any atom is 0.232 e. The van der Waals surface area contributed by atoms with Crippen molar-refractivity contribution in [3.05, 3.63) is 287 Å². The number of aromatic nitrogens is 4. The molecule has 104 heavy (non-hydrogen) atoms. The van der Waals surface area contributed by atoms with Crippen molar-refractivity contribution in [2.24, 2.45) is 11.8 Å². The Morgan fingerprint density at radius 2 is 0.692 bits per heavy atom. The zero-order valence-corrected chi connectivity index (χ0v) is 58.8. The first kappa shape index (κ1) is 67.3. The van der Waals surface area contributed by atoms with Gasteiger partial charge in [-0.1, -0.05) is 188 Å². The van der Waals surface area contributed by atoms with Crippen LogP contribution in [-0.4, -0.2) is 19.9 Å². The summed E-state index contributed by atoms with van der Waals surface area (Å²) < 4.78 is 25.4. The lowest BCUT2D eigenvalue weighted by atomic mass is 9.82. The first-order valence-corrected chi connectivity index (χ1v) is 36.2. The van der Waals surface area contributed by atoms with E-state index < -0.39 is 0 Å². The number of rotatable bonds is 10. The fraction of sp³-hybridized carbons (Fsp3) is 0.217. The normalized spacial score (nSPS) is 13.3. The van der Waals surface area contributed by atoms with Gasteiger partial charge in [-0.3, -0.25) is 19.9 Å². The zero-order valence-electron chi connectivity index (χ0n) is 58.8. The van der Waals surface area contributed by atoms with Gasteiger partial charge in [0.1, 0.15) is 44.7 Å². The van der Waals surface area contributed by atoms with Crippen LogP contribution in [-0.2, 0) is 12.8 Å². The molecule has 0 unspecified atom stereocenters. The van der Waals surface area contributed by atoms with Gasteiger partial charge in [-0.2, -0.15) is 0 Å². The predicted molar refractivity (Wildman–Crippen MR) is 422 cm³/mol. The summed E-state index contributed by atoms with van der Waals surface area (Å²) in [6, 6.07) is 64.5. The molecular formula is C92H76N8O4. The molecule has 0 spiro atoms. The second-order valence-corrected chi connectivity index (χ2v) is 28.0. The Hall–Kier alpha value is -12.5. The van der Waals surface area contributed by atoms with E-state index in [1.165, 1.54) is 51.4 Å². The van der Waals surface area contributed by atoms with Gasteiger partial charge in [0.2, 0.25) is 11.4 Å². The van der Waals surface area contributed by atoms with E-state index in [4.69, 9.17) is 44.0 Å². The molecule has 8 aromatic carbocycles. The second-order valence-electron chi connectivity index (χ2n) is 28.0. The predicted octanol–water partition coefficient (Wildman–Crippen LogP) is 27.3. The fourth-order valence-corrected chi connectivity index (χ4v) is 15.6. The van der Waals surface area contributed by atoms with Gasteiger partial charge >= 0.3 is 0 Å². The fourth-order valence-electron chi connectivity index (χ4n) is 15.6. The molecule has 2 fully saturated rings. The number of hydrogen-bond acceptors (Lipinski definition) is 8. The Morgan fingerprint density at radius 1 is 0.327 bits per heavy atom. The van der Waals surface area contributed by atoms with Crippen LogP contribution in [0.25, 0.3) is 152 Å². The van der Waals surface area contributed by atoms with Crippen molar-refractivity contribution in [3.8, 4) is 45.0 Å². The first-order valence-electron chi connectivity index (χ1n) is 36.2. The van der Waals surface area contributed by atoms with Crippen molar-refractivity contribution in [2.75, 3.05) is 0 Å². The summed E-state index contributed by atoms with van der Waals surface area (Å²) in [5, 5.41) is 8.43. The standard InChI is InChI=1S/2C24H20N2O.2C22H18N2O/c1-25-22-17(16-8-3-2-4-9-16)13-14-19-18-10-7-11-20(23(18)27-24(19)22)21-12-5-6-15-26-21;1-25-21-14-13-18-17-10-7-11-19(20-12-5-6-15-26-20)23(17)27-24(18)22(21)16-8-3-2-4-9-16;1-14(2)13-15-10-11-17-16-7-6-8-18(19-9-4-5-12-24-19)21(16)25-22(17)20(15)23-3;1-14(2)13-18-19(23-3)11-10-16-15-7-6-8-17(21(15)25-22(16)18)20-9-4-5-12-24-20/h2*5-7,10-16H,2-4,8-9H2;2*4-12,14H,13H2,1-2H3. The topological polar surface area (TPSA) is 122 Å². The lowest BCUT2D eigenvalue weighted by Gasteiger charge is -2.23. The molecule has 0 atom stereocenters. The minimum absolute atomic E-state index is 0.422. The third-order valence-electron chi connectivity index (χ3n) is 20.4. The molecule has 8 aromatic heterocycles. The van der Waals surface area contributed by atoms with E-state index in [9.17, 15) is 0 Å². The van der Waals surface area contributed by atoms with Crippen molar-refractivity contribution >= 4 is 111 Å². The molecule has 0 saturated heterocycles. The average molecular weight is 1360 g/mol. The molecule has 2 aliphatic rings. The monoisotopic (exact) mass is 1360 g/mol. The summed E-state index contributed by atoms with van der Waals surface area (Å²) in [5.41, 5.74) is 21.0. The van der Waals surface area contributed by atoms with Crippen LogP contribution in [0.2, 0.25) is 0 Å². The lowest BCUT2D eigenvalue weighted by Crippen LogP contribution is -2.04. The molecule has 12 nitrogen and oxygen atoms in total. The van der Waals surface area contributed by atoms with Crippen molar-refractivity contribution in [1.82, 2.24) is 19.9 Å². The number of benzene rings is 8. The molecule has 508 valence electrons. The average Bonchev–Trinajstić information content (AvgIpc) is 1.62. The van der Waals surface area contributed by atoms with Gasteiger partial charge in [-0.25, -0.2) is 19.4 Å². The summed E-state index contributed by atoms with van der Waals surface area (Å²) in [6.07, 6.45) is 21.1. The number of fused-ring (bicyclic) bond motifs is 12. The Balaban J connectivity index is 0.000000112. The summed E-state index contributed by atoms with van der Waals surface area (Å²) in [6.45, 7) is 39.3. The van der Waals surface area contributed by atoms with Gasteiger partial charge in [-0.15, -0.1) is 0 Å². The number of nitrogens with zero attached hydrogens (tertiary/aromatic N) is 8. The second kappa shape index (κ2) is 30.0. The number of pyridine rings is 4. The molecule has 18 rings (SSSR count). The molecule has 0 N–H and O–H groups in total. The number of para-hydroxylation sites is 4. The van der Waals surface area contributed by atoms with E-state index >= 15 is 0 Å². The molecule has 2 aliphatic carbocycles. The van der Waals surface area contributed by atoms with E-state index in [1.807, 2.05) is 140 Å². The minimum atomic E-state index is 0.422. The van der Waals surface area contributed by atoms with Crippen LogP contribution in [0.4, 0.5) is 22.7 Å². The highest BCUT2D eigenvalue weighted by Gasteiger charge is 2.28. The quantitative estimate of drug-likeness (QED) is 0.124. The Bertz CT molecular complexity index is 6010. The smallest absolute Gasteiger partial charge is 0.232 e. The Kier molecular flexibility index (Phi) is 19.4. The van der Waals surface area contributed by atoms with Gasteiger partial charge in [0.05, 0.1) is 49.1 Å². The third kappa shape index (κ3) is 13.1. The van der Waals surface area contributed by atoms with E-state index in [0.717, 1.165) is 181 Å². The van der Waals surface area contributed by atoms with E-state index in [0.29, 0.717) is 46.3 Å². The Morgan fingerprint density at radius 3 is 1.11 bits per heavy atom. The zero-order chi connectivity index (χ0) is 71.2. The molecule has 0 aliphatic heterocycles. The molecule has 16 aromatic rings. The molecule has 0 radical (unpaired) electrons. The largest absolute Gasteiger partial charge is 0.466 e. The van der Waals surface area contributed by atoms with Crippen LogP contribution in [0.3, 0.4) is 0 Å². The van der Waals surface area contributed by atoms with Crippen LogP contribution in [0, 0.1) is 38.1 Å². The van der Waals surface area contributed by atoms with Gasteiger partial charge in [0.15, 0.2) is 11.4 Å². The van der Waals surface area contributed by atoms with Crippen molar-refractivity contribution in [3.63, 3.8) is 0 Å². The highest BCUT2D eigenvalue weighted by molar-refractivity contribution is 6.15. The van der Waals surface area contributed by atoms with E-state index in [2.05, 4.69) is 122 Å². The number of furan rings is 4. The molecule has 0 bridgehead atoms. The van der Waals surface area contributed by atoms with Crippen LogP contribution in [0.1, 0.15) is 126 Å². The minimum Gasteiger partial charge on any atom is -0.466 e. The summed E-state index contributed by atoms with van der Waals surface area (Å²) in [5.74, 6) is 1.85. The SMILES string of the molecule is [C-]#[N+]c1c(C2CCCCC2)ccc2c1oc1c(-c3ccccn3)cccc12.[C-]#[N+]c1c(CC(C)C)ccc2c1oc1c(-c3ccccn3)cccc12.[C-]#[N+]c1ccc2c(oc3c(-c4ccccn4)cccc32)c1C1CCCCC1.[C-]#[N+]c1ccc2c(oc3c(-c4ccccn4)cccc32)c1CC(C)C. The summed E-state index contributed by atoms with van der Waals surface area (Å²) in [7, 11) is 0. The van der Waals surface area contributed by atoms with Crippen LogP contribution < -0.4 is 0 Å². The van der Waals surface area contributed by atoms with Gasteiger partial charge in [0.25, 0.3) is 0 Å². The molecule has 0 amide bonds. The van der Waals surface area contributed by atoms with E-state index in [-0.39, 0.29) is 0 Å². The van der Waals surface area contributed by atoms with Crippen LogP contribution in [0.15, 0.2) is 237 Å². The maximum atomic E-state index is 7.83. The Labute approximate surface area is 605 Å². The maximum absolute atomic E-state index is 7.83. The van der Waals surface area contributed by atoms with E-state index in [1.54, 1.807) is 24.8 Å². The lowest BCUT2D eigenvalue weighted by molar-refractivity contribution is 0.443. The van der Waals surface area contributed by atoms with Gasteiger partial charge < -0.3 is 17.7 Å². The van der Waals surface area contributed by atoms with Crippen molar-refractivity contribution in [2.45, 2.75) is 117 Å². The molecular weight excluding hydrogens is 1280 g/mol. The molecule has 2 saturated carbocycles. The van der Waals surface area contributed by atoms with Crippen LogP contribution in [0.5, 0.6) is 0 Å². The number of hydrogen-bond donors (Lipinski definition) is 0. The summed E-state index contributed by atoms with van der Waals surface area (Å²) >= 11 is 0. The molecule has 12 heteroatoms. The molecule has 8 heterocycles. The highest BCUT2D eigenvalue weighted by atomic mass is 16.3. The highest BCUT2D eigenvalue weighted by Crippen LogP contribution is 2.49. The summed E-state index contributed by atoms with van der Waals surface area (Å²) in [4.78, 5) is 33.1. The van der Waals surface area contributed by atoms with Crippen molar-refractivity contribution in [1.29, 1.82) is 0 Å². The van der Waals surface area contributed by atoms with Gasteiger partial charge in [0, 0.05) is 101 Å². The van der Waals surface area contributed by atoms with Gasteiger partial charge in [-0.05, 0) is 146 Å².